The van der Waals surface area contributed by atoms with Crippen molar-refractivity contribution in [1.82, 2.24) is 15.3 Å². The highest BCUT2D eigenvalue weighted by Crippen LogP contribution is 2.45. The van der Waals surface area contributed by atoms with Crippen LogP contribution in [0, 0.1) is 6.92 Å². The quantitative estimate of drug-likeness (QED) is 0.491. The van der Waals surface area contributed by atoms with Gasteiger partial charge in [-0.3, -0.25) is 0 Å². The van der Waals surface area contributed by atoms with Gasteiger partial charge in [0.2, 0.25) is 0 Å². The lowest BCUT2D eigenvalue weighted by Crippen LogP contribution is -2.25. The van der Waals surface area contributed by atoms with E-state index in [1.165, 1.54) is 24.0 Å². The molecule has 1 saturated carbocycles. The normalized spacial score (nSPS) is 15.9. The number of rotatable bonds is 5. The first kappa shape index (κ1) is 17.0. The first-order chi connectivity index (χ1) is 13.7. The molecule has 142 valence electrons. The van der Waals surface area contributed by atoms with Crippen LogP contribution in [0.3, 0.4) is 0 Å². The molecule has 0 spiro atoms. The van der Waals surface area contributed by atoms with Crippen LogP contribution in [-0.4, -0.2) is 15.3 Å². The maximum atomic E-state index is 5.82. The van der Waals surface area contributed by atoms with Crippen LogP contribution in [0.2, 0.25) is 0 Å². The molecule has 0 radical (unpaired) electrons. The summed E-state index contributed by atoms with van der Waals surface area (Å²) in [5.74, 6) is 1.92. The fourth-order valence-electron chi connectivity index (χ4n) is 4.08. The van der Waals surface area contributed by atoms with Gasteiger partial charge in [0.25, 0.3) is 5.89 Å². The Morgan fingerprint density at radius 1 is 1.04 bits per heavy atom. The van der Waals surface area contributed by atoms with Gasteiger partial charge >= 0.3 is 0 Å². The summed E-state index contributed by atoms with van der Waals surface area (Å²) in [7, 11) is 0. The predicted octanol–water partition coefficient (Wildman–Crippen LogP) is 4.96. The molecule has 0 atom stereocenters. The van der Waals surface area contributed by atoms with Crippen LogP contribution in [0.25, 0.3) is 11.0 Å². The van der Waals surface area contributed by atoms with Crippen LogP contribution in [-0.2, 0) is 12.0 Å². The van der Waals surface area contributed by atoms with E-state index in [0.717, 1.165) is 24.1 Å². The Morgan fingerprint density at radius 3 is 2.68 bits per heavy atom. The molecular formula is C22H21N3O3. The average molecular weight is 375 g/mol. The lowest BCUT2D eigenvalue weighted by atomic mass is 9.78. The summed E-state index contributed by atoms with van der Waals surface area (Å²) in [6.45, 7) is 2.32. The van der Waals surface area contributed by atoms with Gasteiger partial charge in [-0.15, -0.1) is 0 Å². The van der Waals surface area contributed by atoms with Crippen molar-refractivity contribution in [2.45, 2.75) is 44.6 Å². The fraction of sp³-hybridized carbons (Fsp3) is 0.318. The molecule has 28 heavy (non-hydrogen) atoms. The number of hydrogen-bond acceptors (Lipinski definition) is 6. The molecule has 2 aromatic heterocycles. The Morgan fingerprint density at radius 2 is 1.86 bits per heavy atom. The van der Waals surface area contributed by atoms with E-state index in [1.807, 2.05) is 18.2 Å². The summed E-state index contributed by atoms with van der Waals surface area (Å²) >= 11 is 0. The topological polar surface area (TPSA) is 74.2 Å². The first-order valence-corrected chi connectivity index (χ1v) is 9.60. The second-order valence-electron chi connectivity index (χ2n) is 7.48. The molecular weight excluding hydrogens is 354 g/mol. The number of aromatic nitrogens is 3. The van der Waals surface area contributed by atoms with Crippen LogP contribution in [0.15, 0.2) is 57.7 Å². The molecule has 6 nitrogen and oxygen atoms in total. The Labute approximate surface area is 162 Å². The van der Waals surface area contributed by atoms with Gasteiger partial charge < -0.3 is 13.8 Å². The van der Waals surface area contributed by atoms with Crippen molar-refractivity contribution in [1.29, 1.82) is 0 Å². The molecule has 2 aromatic carbocycles. The van der Waals surface area contributed by atoms with Crippen molar-refractivity contribution in [3.63, 3.8) is 0 Å². The Hall–Kier alpha value is -3.15. The highest BCUT2D eigenvalue weighted by Gasteiger charge is 2.41. The molecule has 5 rings (SSSR count). The van der Waals surface area contributed by atoms with Gasteiger partial charge in [-0.25, -0.2) is 0 Å². The molecule has 0 aliphatic heterocycles. The third-order valence-corrected chi connectivity index (χ3v) is 5.65. The third-order valence-electron chi connectivity index (χ3n) is 5.65. The predicted molar refractivity (Wildman–Crippen MR) is 103 cm³/mol. The summed E-state index contributed by atoms with van der Waals surface area (Å²) in [5.41, 5.74) is 3.05. The number of hydrogen-bond donors (Lipinski definition) is 0. The Balaban J connectivity index is 1.37. The molecule has 1 aliphatic carbocycles. The maximum Gasteiger partial charge on any atom is 0.264 e. The van der Waals surface area contributed by atoms with Crippen molar-refractivity contribution in [2.24, 2.45) is 0 Å². The van der Waals surface area contributed by atoms with Crippen LogP contribution >= 0.6 is 0 Å². The molecule has 6 heteroatoms. The van der Waals surface area contributed by atoms with Gasteiger partial charge in [-0.2, -0.15) is 4.98 Å². The second-order valence-corrected chi connectivity index (χ2v) is 7.48. The van der Waals surface area contributed by atoms with Gasteiger partial charge in [-0.05, 0) is 37.5 Å². The minimum absolute atomic E-state index is 0.159. The van der Waals surface area contributed by atoms with E-state index >= 15 is 0 Å². The summed E-state index contributed by atoms with van der Waals surface area (Å²) in [6.07, 6.45) is 6.10. The lowest BCUT2D eigenvalue weighted by molar-refractivity contribution is 0.241. The SMILES string of the molecule is Cc1ccc(C2(c3noc(COc4ccc5cnoc5c4)n3)CCCC2)cc1. The minimum Gasteiger partial charge on any atom is -0.484 e. The molecule has 0 N–H and O–H groups in total. The standard InChI is InChI=1S/C22H21N3O3/c1-15-4-7-17(8-5-15)22(10-2-3-11-22)21-24-20(28-25-21)14-26-18-9-6-16-13-23-27-19(16)12-18/h4-9,12-13H,2-3,10-11,14H2,1H3. The van der Waals surface area contributed by atoms with Crippen molar-refractivity contribution in [3.8, 4) is 5.75 Å². The summed E-state index contributed by atoms with van der Waals surface area (Å²) in [4.78, 5) is 4.69. The molecule has 1 fully saturated rings. The number of fused-ring (bicyclic) bond motifs is 1. The van der Waals surface area contributed by atoms with Gasteiger partial charge in [0.1, 0.15) is 5.75 Å². The van der Waals surface area contributed by atoms with Gasteiger partial charge in [0.05, 0.1) is 11.6 Å². The first-order valence-electron chi connectivity index (χ1n) is 9.60. The molecule has 0 saturated heterocycles. The van der Waals surface area contributed by atoms with Crippen LogP contribution < -0.4 is 4.74 Å². The molecule has 0 amide bonds. The zero-order chi connectivity index (χ0) is 19.0. The Bertz CT molecular complexity index is 1090. The van der Waals surface area contributed by atoms with Gasteiger partial charge in [0.15, 0.2) is 18.0 Å². The van der Waals surface area contributed by atoms with Crippen LogP contribution in [0.5, 0.6) is 5.75 Å². The second kappa shape index (κ2) is 6.78. The summed E-state index contributed by atoms with van der Waals surface area (Å²) < 4.78 is 16.5. The molecule has 2 heterocycles. The van der Waals surface area contributed by atoms with Crippen LogP contribution in [0.4, 0.5) is 0 Å². The number of nitrogens with zero attached hydrogens (tertiary/aromatic N) is 3. The van der Waals surface area contributed by atoms with Gasteiger partial charge in [-0.1, -0.05) is 53.0 Å². The van der Waals surface area contributed by atoms with E-state index in [0.29, 0.717) is 17.2 Å². The third kappa shape index (κ3) is 2.95. The largest absolute Gasteiger partial charge is 0.484 e. The number of benzene rings is 2. The highest BCUT2D eigenvalue weighted by molar-refractivity contribution is 5.77. The average Bonchev–Trinajstić information content (AvgIpc) is 3.46. The van der Waals surface area contributed by atoms with Crippen molar-refractivity contribution < 1.29 is 13.8 Å². The van der Waals surface area contributed by atoms with E-state index in [4.69, 9.17) is 18.8 Å². The molecule has 1 aliphatic rings. The van der Waals surface area contributed by atoms with Crippen LogP contribution in [0.1, 0.15) is 48.5 Å². The van der Waals surface area contributed by atoms with E-state index in [1.54, 1.807) is 6.20 Å². The van der Waals surface area contributed by atoms with Crippen molar-refractivity contribution in [3.05, 3.63) is 71.5 Å². The minimum atomic E-state index is -0.159. The zero-order valence-electron chi connectivity index (χ0n) is 15.7. The van der Waals surface area contributed by atoms with E-state index in [9.17, 15) is 0 Å². The van der Waals surface area contributed by atoms with Crippen molar-refractivity contribution >= 4 is 11.0 Å². The Kier molecular flexibility index (Phi) is 4.11. The highest BCUT2D eigenvalue weighted by atomic mass is 16.5. The molecule has 0 bridgehead atoms. The zero-order valence-corrected chi connectivity index (χ0v) is 15.7. The number of aryl methyl sites for hydroxylation is 1. The monoisotopic (exact) mass is 375 g/mol. The van der Waals surface area contributed by atoms with E-state index in [2.05, 4.69) is 41.5 Å². The molecule has 0 unspecified atom stereocenters. The summed E-state index contributed by atoms with van der Waals surface area (Å²) in [6, 6.07) is 14.3. The smallest absolute Gasteiger partial charge is 0.264 e. The summed E-state index contributed by atoms with van der Waals surface area (Å²) in [5, 5.41) is 9.05. The van der Waals surface area contributed by atoms with E-state index in [-0.39, 0.29) is 12.0 Å². The fourth-order valence-corrected chi connectivity index (χ4v) is 4.08. The van der Waals surface area contributed by atoms with E-state index < -0.39 is 0 Å². The van der Waals surface area contributed by atoms with Gasteiger partial charge in [0, 0.05) is 11.5 Å². The lowest BCUT2D eigenvalue weighted by Gasteiger charge is -2.25. The molecule has 4 aromatic rings. The number of ether oxygens (including phenoxy) is 1. The maximum absolute atomic E-state index is 5.82. The van der Waals surface area contributed by atoms with Crippen molar-refractivity contribution in [2.75, 3.05) is 0 Å².